The molecule has 0 aliphatic rings. The highest BCUT2D eigenvalue weighted by atomic mass is 79.9. The van der Waals surface area contributed by atoms with Crippen LogP contribution in [0.2, 0.25) is 0 Å². The smallest absolute Gasteiger partial charge is 0.280 e. The number of terminal acetylenes is 1. The number of hydrogen-bond acceptors (Lipinski definition) is 2. The molecule has 0 unspecified atom stereocenters. The Morgan fingerprint density at radius 3 is 2.87 bits per heavy atom. The lowest BCUT2D eigenvalue weighted by Crippen LogP contribution is -2.16. The highest BCUT2D eigenvalue weighted by Gasteiger charge is 2.11. The Hall–Kier alpha value is -2.23. The number of aromatic nitrogens is 1. The van der Waals surface area contributed by atoms with Crippen molar-refractivity contribution in [3.63, 3.8) is 0 Å². The summed E-state index contributed by atoms with van der Waals surface area (Å²) in [5.41, 5.74) is 1.22. The number of amides is 1. The Morgan fingerprint density at radius 2 is 2.13 bits per heavy atom. The molecule has 0 saturated carbocycles. The van der Waals surface area contributed by atoms with Crippen molar-refractivity contribution in [2.75, 3.05) is 0 Å². The quantitative estimate of drug-likeness (QED) is 0.611. The van der Waals surface area contributed by atoms with Gasteiger partial charge in [-0.05, 0) is 46.3 Å². The van der Waals surface area contributed by atoms with Crippen LogP contribution in [0, 0.1) is 18.2 Å². The molecule has 0 saturated heterocycles. The average Bonchev–Trinajstić information content (AvgIpc) is 2.84. The predicted molar refractivity (Wildman–Crippen MR) is 92.6 cm³/mol. The number of nitrogens with zero attached hydrogens (tertiary/aromatic N) is 2. The number of hydrogen-bond donors (Lipinski definition) is 0. The van der Waals surface area contributed by atoms with Gasteiger partial charge in [-0.1, -0.05) is 29.4 Å². The third-order valence-electron chi connectivity index (χ3n) is 3.20. The fourth-order valence-electron chi connectivity index (χ4n) is 2.16. The number of carbonyl (C=O) groups excluding carboxylic acids is 1. The number of halogens is 2. The maximum absolute atomic E-state index is 13.4. The van der Waals surface area contributed by atoms with E-state index in [2.05, 4.69) is 26.8 Å². The van der Waals surface area contributed by atoms with Gasteiger partial charge >= 0.3 is 0 Å². The number of carbonyl (C=O) groups is 1. The molecule has 114 valence electrons. The Labute approximate surface area is 144 Å². The molecule has 3 nitrogen and oxygen atoms in total. The fourth-order valence-corrected chi connectivity index (χ4v) is 3.67. The van der Waals surface area contributed by atoms with Crippen LogP contribution in [0.5, 0.6) is 0 Å². The molecular weight excluding hydrogens is 379 g/mol. The van der Waals surface area contributed by atoms with Crippen LogP contribution in [-0.4, -0.2) is 10.5 Å². The van der Waals surface area contributed by atoms with E-state index in [9.17, 15) is 9.18 Å². The number of thiazole rings is 1. The second kappa shape index (κ2) is 6.49. The van der Waals surface area contributed by atoms with E-state index in [1.165, 1.54) is 23.5 Å². The van der Waals surface area contributed by atoms with Gasteiger partial charge in [-0.3, -0.25) is 4.79 Å². The number of fused-ring (bicyclic) bond motifs is 1. The normalized spacial score (nSPS) is 11.6. The summed E-state index contributed by atoms with van der Waals surface area (Å²) in [6.07, 6.45) is 5.40. The van der Waals surface area contributed by atoms with Gasteiger partial charge in [0.25, 0.3) is 5.91 Å². The standard InChI is InChI=1S/C17H10BrFN2OS/c1-2-9-21-14-8-7-11(19)10-15(14)23-17(21)20-16(22)12-5-3-4-6-13(12)18/h1,3-8,10H,9H2. The van der Waals surface area contributed by atoms with Gasteiger partial charge in [0.1, 0.15) is 5.82 Å². The zero-order valence-corrected chi connectivity index (χ0v) is 14.2. The van der Waals surface area contributed by atoms with Crippen molar-refractivity contribution in [2.45, 2.75) is 6.54 Å². The molecule has 0 atom stereocenters. The fraction of sp³-hybridized carbons (Fsp3) is 0.0588. The van der Waals surface area contributed by atoms with Gasteiger partial charge in [0.05, 0.1) is 22.3 Å². The molecule has 0 fully saturated rings. The van der Waals surface area contributed by atoms with Gasteiger partial charge in [0.15, 0.2) is 4.80 Å². The largest absolute Gasteiger partial charge is 0.305 e. The molecule has 0 aliphatic heterocycles. The van der Waals surface area contributed by atoms with Crippen LogP contribution in [0.4, 0.5) is 4.39 Å². The van der Waals surface area contributed by atoms with E-state index in [0.717, 1.165) is 5.52 Å². The Bertz CT molecular complexity index is 1010. The summed E-state index contributed by atoms with van der Waals surface area (Å²) in [5.74, 6) is 1.82. The second-order valence-corrected chi connectivity index (χ2v) is 6.55. The molecule has 1 heterocycles. The van der Waals surface area contributed by atoms with Crippen molar-refractivity contribution in [3.05, 3.63) is 63.1 Å². The first kappa shape index (κ1) is 15.7. The van der Waals surface area contributed by atoms with Crippen LogP contribution in [0.25, 0.3) is 10.2 Å². The molecule has 0 radical (unpaired) electrons. The van der Waals surface area contributed by atoms with Gasteiger partial charge < -0.3 is 4.57 Å². The molecule has 3 rings (SSSR count). The molecular formula is C17H10BrFN2OS. The molecule has 1 amide bonds. The lowest BCUT2D eigenvalue weighted by atomic mass is 10.2. The van der Waals surface area contributed by atoms with Crippen molar-refractivity contribution in [1.29, 1.82) is 0 Å². The minimum absolute atomic E-state index is 0.258. The van der Waals surface area contributed by atoms with E-state index in [1.54, 1.807) is 28.8 Å². The maximum atomic E-state index is 13.4. The van der Waals surface area contributed by atoms with Crippen LogP contribution in [0.15, 0.2) is 51.9 Å². The Morgan fingerprint density at radius 1 is 1.35 bits per heavy atom. The van der Waals surface area contributed by atoms with Gasteiger partial charge in [0, 0.05) is 4.47 Å². The van der Waals surface area contributed by atoms with Gasteiger partial charge in [-0.25, -0.2) is 4.39 Å². The third kappa shape index (κ3) is 3.11. The van der Waals surface area contributed by atoms with E-state index in [1.807, 2.05) is 6.07 Å². The SMILES string of the molecule is C#CCn1c(=NC(=O)c2ccccc2Br)sc2cc(F)ccc21. The molecule has 0 N–H and O–H groups in total. The number of rotatable bonds is 2. The molecule has 2 aromatic carbocycles. The molecule has 0 aliphatic carbocycles. The van der Waals surface area contributed by atoms with Gasteiger partial charge in [0.2, 0.25) is 0 Å². The van der Waals surface area contributed by atoms with Crippen molar-refractivity contribution in [2.24, 2.45) is 4.99 Å². The van der Waals surface area contributed by atoms with E-state index in [4.69, 9.17) is 6.42 Å². The highest BCUT2D eigenvalue weighted by molar-refractivity contribution is 9.10. The van der Waals surface area contributed by atoms with Gasteiger partial charge in [-0.15, -0.1) is 6.42 Å². The van der Waals surface area contributed by atoms with Crippen molar-refractivity contribution in [1.82, 2.24) is 4.57 Å². The minimum atomic E-state index is -0.379. The predicted octanol–water partition coefficient (Wildman–Crippen LogP) is 3.98. The third-order valence-corrected chi connectivity index (χ3v) is 4.93. The van der Waals surface area contributed by atoms with E-state index >= 15 is 0 Å². The Balaban J connectivity index is 2.19. The molecule has 3 aromatic rings. The summed E-state index contributed by atoms with van der Waals surface area (Å²) in [6, 6.07) is 11.5. The first-order valence-corrected chi connectivity index (χ1v) is 8.27. The monoisotopic (exact) mass is 388 g/mol. The molecule has 1 aromatic heterocycles. The van der Waals surface area contributed by atoms with Crippen LogP contribution < -0.4 is 4.80 Å². The maximum Gasteiger partial charge on any atom is 0.280 e. The first-order valence-electron chi connectivity index (χ1n) is 6.66. The van der Waals surface area contributed by atoms with E-state index in [-0.39, 0.29) is 18.3 Å². The van der Waals surface area contributed by atoms with Gasteiger partial charge in [-0.2, -0.15) is 4.99 Å². The summed E-state index contributed by atoms with van der Waals surface area (Å²) in [7, 11) is 0. The zero-order chi connectivity index (χ0) is 16.4. The summed E-state index contributed by atoms with van der Waals surface area (Å²) in [4.78, 5) is 17.0. The summed E-state index contributed by atoms with van der Waals surface area (Å²) < 4.78 is 16.5. The van der Waals surface area contributed by atoms with Crippen molar-refractivity contribution < 1.29 is 9.18 Å². The van der Waals surface area contributed by atoms with Crippen LogP contribution in [0.1, 0.15) is 10.4 Å². The topological polar surface area (TPSA) is 34.4 Å². The van der Waals surface area contributed by atoms with Crippen LogP contribution >= 0.6 is 27.3 Å². The Kier molecular flexibility index (Phi) is 4.42. The lowest BCUT2D eigenvalue weighted by molar-refractivity contribution is 0.0997. The zero-order valence-electron chi connectivity index (χ0n) is 11.8. The minimum Gasteiger partial charge on any atom is -0.305 e. The molecule has 0 spiro atoms. The molecule has 6 heteroatoms. The first-order chi connectivity index (χ1) is 11.1. The number of benzene rings is 2. The molecule has 23 heavy (non-hydrogen) atoms. The van der Waals surface area contributed by atoms with E-state index in [0.29, 0.717) is 19.5 Å². The highest BCUT2D eigenvalue weighted by Crippen LogP contribution is 2.20. The molecule has 0 bridgehead atoms. The van der Waals surface area contributed by atoms with Crippen LogP contribution in [0.3, 0.4) is 0 Å². The van der Waals surface area contributed by atoms with Crippen LogP contribution in [-0.2, 0) is 6.54 Å². The summed E-state index contributed by atoms with van der Waals surface area (Å²) >= 11 is 4.57. The average molecular weight is 389 g/mol. The van der Waals surface area contributed by atoms with Crippen molar-refractivity contribution in [3.8, 4) is 12.3 Å². The van der Waals surface area contributed by atoms with Crippen molar-refractivity contribution >= 4 is 43.4 Å². The second-order valence-electron chi connectivity index (χ2n) is 4.68. The van der Waals surface area contributed by atoms with E-state index < -0.39 is 0 Å². The lowest BCUT2D eigenvalue weighted by Gasteiger charge is -2.00. The summed E-state index contributed by atoms with van der Waals surface area (Å²) in [5, 5.41) is 0. The summed E-state index contributed by atoms with van der Waals surface area (Å²) in [6.45, 7) is 0.258.